The van der Waals surface area contributed by atoms with Gasteiger partial charge in [0.15, 0.2) is 0 Å². The van der Waals surface area contributed by atoms with Crippen molar-refractivity contribution in [2.45, 2.75) is 13.0 Å². The Morgan fingerprint density at radius 1 is 0.824 bits per heavy atom. The van der Waals surface area contributed by atoms with Crippen molar-refractivity contribution >= 4 is 19.2 Å². The first-order valence-electron chi connectivity index (χ1n) is 5.91. The first-order chi connectivity index (χ1) is 8.42. The van der Waals surface area contributed by atoms with Crippen molar-refractivity contribution < 1.29 is 0 Å². The molecule has 0 fully saturated rings. The fraction of sp³-hybridized carbons (Fsp3) is 0.125. The van der Waals surface area contributed by atoms with Crippen LogP contribution in [0.15, 0.2) is 60.7 Å². The smallest absolute Gasteiger partial charge is 0.107 e. The molecule has 0 radical (unpaired) electrons. The van der Waals surface area contributed by atoms with Crippen LogP contribution in [0.2, 0.25) is 6.04 Å². The summed E-state index contributed by atoms with van der Waals surface area (Å²) in [7, 11) is -1.14. The van der Waals surface area contributed by atoms with Crippen LogP contribution >= 0.6 is 0 Å². The van der Waals surface area contributed by atoms with Gasteiger partial charge >= 0.3 is 0 Å². The molecular weight excluding hydrogens is 220 g/mol. The maximum atomic E-state index is 3.26. The molecule has 0 spiro atoms. The van der Waals surface area contributed by atoms with Gasteiger partial charge in [-0.05, 0) is 6.92 Å². The molecule has 0 atom stereocenters. The van der Waals surface area contributed by atoms with Crippen LogP contribution in [-0.2, 0) is 0 Å². The normalized spacial score (nSPS) is 9.76. The van der Waals surface area contributed by atoms with Gasteiger partial charge in [0.1, 0.15) is 8.80 Å². The van der Waals surface area contributed by atoms with Crippen LogP contribution in [-0.4, -0.2) is 8.80 Å². The molecule has 0 unspecified atom stereocenters. The Morgan fingerprint density at radius 2 is 1.29 bits per heavy atom. The van der Waals surface area contributed by atoms with Crippen molar-refractivity contribution in [2.75, 3.05) is 0 Å². The van der Waals surface area contributed by atoms with Crippen LogP contribution < -0.4 is 10.4 Å². The lowest BCUT2D eigenvalue weighted by Crippen LogP contribution is -2.41. The van der Waals surface area contributed by atoms with E-state index < -0.39 is 8.80 Å². The van der Waals surface area contributed by atoms with Gasteiger partial charge in [-0.25, -0.2) is 0 Å². The van der Waals surface area contributed by atoms with E-state index in [1.807, 2.05) is 6.92 Å². The third-order valence-electron chi connectivity index (χ3n) is 2.89. The summed E-state index contributed by atoms with van der Waals surface area (Å²) in [5.74, 6) is 6.28. The summed E-state index contributed by atoms with van der Waals surface area (Å²) in [4.78, 5) is 0. The molecule has 84 valence electrons. The maximum absolute atomic E-state index is 3.26. The van der Waals surface area contributed by atoms with Crippen molar-refractivity contribution in [1.82, 2.24) is 0 Å². The van der Waals surface area contributed by atoms with Crippen LogP contribution in [0.5, 0.6) is 0 Å². The van der Waals surface area contributed by atoms with Crippen molar-refractivity contribution in [3.8, 4) is 11.8 Å². The monoisotopic (exact) mass is 236 g/mol. The molecule has 2 aromatic carbocycles. The van der Waals surface area contributed by atoms with Gasteiger partial charge in [0.2, 0.25) is 0 Å². The minimum Gasteiger partial charge on any atom is -0.107 e. The van der Waals surface area contributed by atoms with Gasteiger partial charge in [-0.15, -0.1) is 11.8 Å². The lowest BCUT2D eigenvalue weighted by Gasteiger charge is -2.13. The van der Waals surface area contributed by atoms with Gasteiger partial charge in [-0.3, -0.25) is 0 Å². The van der Waals surface area contributed by atoms with E-state index >= 15 is 0 Å². The highest BCUT2D eigenvalue weighted by Gasteiger charge is 2.13. The van der Waals surface area contributed by atoms with E-state index in [0.717, 1.165) is 6.04 Å². The van der Waals surface area contributed by atoms with Gasteiger partial charge < -0.3 is 0 Å². The summed E-state index contributed by atoms with van der Waals surface area (Å²) in [6, 6.07) is 22.6. The van der Waals surface area contributed by atoms with E-state index in [2.05, 4.69) is 72.5 Å². The summed E-state index contributed by atoms with van der Waals surface area (Å²) in [6.45, 7) is 1.92. The fourth-order valence-electron chi connectivity index (χ4n) is 2.00. The zero-order valence-corrected chi connectivity index (χ0v) is 11.2. The summed E-state index contributed by atoms with van der Waals surface area (Å²) in [5.41, 5.74) is 0. The second-order valence-corrected chi connectivity index (χ2v) is 6.85. The predicted octanol–water partition coefficient (Wildman–Crippen LogP) is 2.05. The van der Waals surface area contributed by atoms with Crippen LogP contribution in [0.1, 0.15) is 6.92 Å². The Hall–Kier alpha value is -1.78. The van der Waals surface area contributed by atoms with Crippen molar-refractivity contribution in [3.63, 3.8) is 0 Å². The summed E-state index contributed by atoms with van der Waals surface area (Å²) in [6.07, 6.45) is 0. The third-order valence-corrected chi connectivity index (χ3v) is 5.88. The second-order valence-electron chi connectivity index (χ2n) is 4.00. The summed E-state index contributed by atoms with van der Waals surface area (Å²) in [5, 5.41) is 2.95. The maximum Gasteiger partial charge on any atom is 0.114 e. The van der Waals surface area contributed by atoms with Crippen LogP contribution in [0, 0.1) is 11.8 Å². The summed E-state index contributed by atoms with van der Waals surface area (Å²) >= 11 is 0. The Kier molecular flexibility index (Phi) is 4.18. The molecule has 0 aliphatic heterocycles. The lowest BCUT2D eigenvalue weighted by atomic mass is 10.4. The van der Waals surface area contributed by atoms with Gasteiger partial charge in [0.05, 0.1) is 0 Å². The molecule has 17 heavy (non-hydrogen) atoms. The van der Waals surface area contributed by atoms with E-state index in [4.69, 9.17) is 0 Å². The molecule has 0 aliphatic carbocycles. The first kappa shape index (κ1) is 11.7. The Bertz CT molecular complexity index is 466. The second kappa shape index (κ2) is 6.08. The van der Waals surface area contributed by atoms with Crippen LogP contribution in [0.4, 0.5) is 0 Å². The van der Waals surface area contributed by atoms with Crippen LogP contribution in [0.3, 0.4) is 0 Å². The number of hydrogen-bond acceptors (Lipinski definition) is 0. The standard InChI is InChI=1S/C16H16Si/c1-2-3-14-17(15-10-6-4-7-11-15)16-12-8-5-9-13-16/h4-13,17H,14H2,1H3. The summed E-state index contributed by atoms with van der Waals surface area (Å²) < 4.78 is 0. The molecule has 0 saturated carbocycles. The number of hydrogen-bond donors (Lipinski definition) is 0. The van der Waals surface area contributed by atoms with E-state index in [0.29, 0.717) is 0 Å². The molecule has 2 aromatic rings. The fourth-order valence-corrected chi connectivity index (χ4v) is 4.64. The van der Waals surface area contributed by atoms with E-state index in [1.54, 1.807) is 0 Å². The molecule has 2 rings (SSSR count). The van der Waals surface area contributed by atoms with Crippen molar-refractivity contribution in [2.24, 2.45) is 0 Å². The quantitative estimate of drug-likeness (QED) is 0.565. The van der Waals surface area contributed by atoms with Crippen molar-refractivity contribution in [1.29, 1.82) is 0 Å². The Labute approximate surface area is 105 Å². The molecule has 0 bridgehead atoms. The van der Waals surface area contributed by atoms with E-state index in [9.17, 15) is 0 Å². The van der Waals surface area contributed by atoms with Gasteiger partial charge in [-0.2, -0.15) is 0 Å². The van der Waals surface area contributed by atoms with Crippen molar-refractivity contribution in [3.05, 3.63) is 60.7 Å². The molecular formula is C16H16Si. The van der Waals surface area contributed by atoms with E-state index in [1.165, 1.54) is 10.4 Å². The average molecular weight is 236 g/mol. The minimum absolute atomic E-state index is 1.02. The minimum atomic E-state index is -1.14. The molecule has 0 nitrogen and oxygen atoms in total. The largest absolute Gasteiger partial charge is 0.114 e. The Balaban J connectivity index is 2.34. The zero-order chi connectivity index (χ0) is 11.9. The average Bonchev–Trinajstić information content (AvgIpc) is 2.42. The zero-order valence-electron chi connectivity index (χ0n) is 10.1. The van der Waals surface area contributed by atoms with Gasteiger partial charge in [-0.1, -0.05) is 71.0 Å². The number of rotatable bonds is 3. The first-order valence-corrected chi connectivity index (χ1v) is 7.88. The highest BCUT2D eigenvalue weighted by atomic mass is 28.3. The number of benzene rings is 2. The molecule has 0 saturated heterocycles. The molecule has 0 N–H and O–H groups in total. The molecule has 0 aromatic heterocycles. The Morgan fingerprint density at radius 3 is 1.71 bits per heavy atom. The molecule has 1 heteroatoms. The van der Waals surface area contributed by atoms with Crippen LogP contribution in [0.25, 0.3) is 0 Å². The third kappa shape index (κ3) is 3.09. The topological polar surface area (TPSA) is 0 Å². The predicted molar refractivity (Wildman–Crippen MR) is 77.6 cm³/mol. The SMILES string of the molecule is CC#CC[SiH](c1ccccc1)c1ccccc1. The van der Waals surface area contributed by atoms with Gasteiger partial charge in [0, 0.05) is 6.04 Å². The lowest BCUT2D eigenvalue weighted by molar-refractivity contribution is 1.67. The highest BCUT2D eigenvalue weighted by molar-refractivity contribution is 6.85. The van der Waals surface area contributed by atoms with Gasteiger partial charge in [0.25, 0.3) is 0 Å². The molecule has 0 heterocycles. The highest BCUT2D eigenvalue weighted by Crippen LogP contribution is 1.97. The molecule has 0 aliphatic rings. The molecule has 0 amide bonds. The van der Waals surface area contributed by atoms with E-state index in [-0.39, 0.29) is 0 Å².